The molecule has 270 valence electrons. The zero-order valence-corrected chi connectivity index (χ0v) is 32.2. The summed E-state index contributed by atoms with van der Waals surface area (Å²) in [5, 5.41) is 7.61. The summed E-state index contributed by atoms with van der Waals surface area (Å²) in [6.07, 6.45) is 0. The van der Waals surface area contributed by atoms with E-state index in [1.54, 1.807) is 0 Å². The molecule has 9 aromatic carbocycles. The second-order valence-corrected chi connectivity index (χ2v) is 16.6. The van der Waals surface area contributed by atoms with Crippen LogP contribution in [0.1, 0.15) is 22.3 Å². The van der Waals surface area contributed by atoms with Crippen LogP contribution in [0.5, 0.6) is 0 Å². The van der Waals surface area contributed by atoms with Crippen molar-refractivity contribution in [2.75, 3.05) is 0 Å². The molecular weight excluding hydrogens is 721 g/mol. The van der Waals surface area contributed by atoms with E-state index in [2.05, 4.69) is 215 Å². The van der Waals surface area contributed by atoms with E-state index in [9.17, 15) is 0 Å². The molecule has 0 saturated carbocycles. The number of rotatable bonds is 4. The van der Waals surface area contributed by atoms with Gasteiger partial charge in [-0.1, -0.05) is 152 Å². The number of hydrogen-bond donors (Lipinski definition) is 0. The Morgan fingerprint density at radius 1 is 0.328 bits per heavy atom. The number of hydrogen-bond acceptors (Lipinski definition) is 1. The zero-order chi connectivity index (χ0) is 38.0. The molecule has 0 aliphatic heterocycles. The van der Waals surface area contributed by atoms with Gasteiger partial charge in [-0.05, 0) is 88.0 Å². The maximum atomic E-state index is 2.51. The third-order valence-electron chi connectivity index (χ3n) is 12.8. The van der Waals surface area contributed by atoms with Gasteiger partial charge in [-0.2, -0.15) is 0 Å². The van der Waals surface area contributed by atoms with Gasteiger partial charge in [0.25, 0.3) is 0 Å². The number of fused-ring (bicyclic) bond motifs is 12. The van der Waals surface area contributed by atoms with Crippen LogP contribution >= 0.6 is 11.3 Å². The lowest BCUT2D eigenvalue weighted by molar-refractivity contribution is 0.770. The summed E-state index contributed by atoms with van der Waals surface area (Å²) in [6.45, 7) is 0. The predicted molar refractivity (Wildman–Crippen MR) is 245 cm³/mol. The quantitative estimate of drug-likeness (QED) is 0.169. The van der Waals surface area contributed by atoms with E-state index in [0.29, 0.717) is 0 Å². The van der Waals surface area contributed by atoms with Crippen molar-refractivity contribution in [1.82, 2.24) is 9.13 Å². The van der Waals surface area contributed by atoms with Crippen molar-refractivity contribution in [2.24, 2.45) is 0 Å². The van der Waals surface area contributed by atoms with Gasteiger partial charge in [0.2, 0.25) is 0 Å². The van der Waals surface area contributed by atoms with Crippen LogP contribution in [0.2, 0.25) is 0 Å². The number of thiophene rings is 1. The van der Waals surface area contributed by atoms with Gasteiger partial charge in [0, 0.05) is 41.7 Å². The van der Waals surface area contributed by atoms with Crippen LogP contribution in [0.15, 0.2) is 206 Å². The molecule has 0 unspecified atom stereocenters. The molecule has 0 amide bonds. The largest absolute Gasteiger partial charge is 0.309 e. The first kappa shape index (κ1) is 31.9. The minimum absolute atomic E-state index is 0.466. The highest BCUT2D eigenvalue weighted by Crippen LogP contribution is 2.56. The summed E-state index contributed by atoms with van der Waals surface area (Å²) >= 11 is 1.87. The molecule has 12 aromatic rings. The van der Waals surface area contributed by atoms with Crippen molar-refractivity contribution >= 4 is 75.1 Å². The number of benzene rings is 9. The van der Waals surface area contributed by atoms with Crippen LogP contribution in [0.3, 0.4) is 0 Å². The maximum Gasteiger partial charge on any atom is 0.0713 e. The van der Waals surface area contributed by atoms with Crippen LogP contribution in [0, 0.1) is 0 Å². The highest BCUT2D eigenvalue weighted by molar-refractivity contribution is 7.25. The predicted octanol–water partition coefficient (Wildman–Crippen LogP) is 14.6. The Morgan fingerprint density at radius 2 is 0.862 bits per heavy atom. The molecule has 3 heteroatoms. The summed E-state index contributed by atoms with van der Waals surface area (Å²) in [5.74, 6) is 0. The lowest BCUT2D eigenvalue weighted by atomic mass is 9.67. The first-order chi connectivity index (χ1) is 28.8. The monoisotopic (exact) mass is 754 g/mol. The van der Waals surface area contributed by atoms with Crippen molar-refractivity contribution in [1.29, 1.82) is 0 Å². The number of para-hydroxylation sites is 2. The first-order valence-electron chi connectivity index (χ1n) is 20.0. The smallest absolute Gasteiger partial charge is 0.0713 e. The van der Waals surface area contributed by atoms with Crippen LogP contribution in [-0.4, -0.2) is 9.13 Å². The molecule has 3 aromatic heterocycles. The van der Waals surface area contributed by atoms with Crippen molar-refractivity contribution in [3.63, 3.8) is 0 Å². The molecule has 0 spiro atoms. The van der Waals surface area contributed by atoms with E-state index in [1.807, 2.05) is 11.3 Å². The summed E-state index contributed by atoms with van der Waals surface area (Å²) in [5.41, 5.74) is 14.6. The van der Waals surface area contributed by atoms with Gasteiger partial charge < -0.3 is 9.13 Å². The van der Waals surface area contributed by atoms with Gasteiger partial charge in [-0.3, -0.25) is 0 Å². The van der Waals surface area contributed by atoms with E-state index in [-0.39, 0.29) is 0 Å². The fourth-order valence-corrected chi connectivity index (χ4v) is 11.7. The molecule has 0 N–H and O–H groups in total. The lowest BCUT2D eigenvalue weighted by Crippen LogP contribution is -2.28. The molecule has 58 heavy (non-hydrogen) atoms. The minimum Gasteiger partial charge on any atom is -0.309 e. The first-order valence-corrected chi connectivity index (χ1v) is 20.8. The molecule has 0 radical (unpaired) electrons. The van der Waals surface area contributed by atoms with Gasteiger partial charge in [0.1, 0.15) is 0 Å². The molecule has 13 rings (SSSR count). The highest BCUT2D eigenvalue weighted by Gasteiger charge is 2.46. The van der Waals surface area contributed by atoms with Gasteiger partial charge in [-0.25, -0.2) is 0 Å². The van der Waals surface area contributed by atoms with E-state index in [1.165, 1.54) is 109 Å². The van der Waals surface area contributed by atoms with Gasteiger partial charge in [0.15, 0.2) is 0 Å². The Hall–Kier alpha value is -7.20. The normalized spacial score (nSPS) is 13.3. The molecule has 0 saturated heterocycles. The number of aromatic nitrogens is 2. The lowest BCUT2D eigenvalue weighted by Gasteiger charge is -2.34. The molecule has 0 bridgehead atoms. The van der Waals surface area contributed by atoms with Crippen molar-refractivity contribution < 1.29 is 0 Å². The zero-order valence-electron chi connectivity index (χ0n) is 31.4. The standard InChI is InChI=1S/C55H34N2S/c1-2-16-35(17-3-1)55(43-23-9-4-18-37(43)38-19-5-10-24-44(38)55)36-32-33-47-42(34-36)39-20-6-11-25-45(39)56(47)48-27-14-28-49-53(48)40-21-7-12-26-46(40)57(49)50-29-15-31-52-54(50)41-22-8-13-30-51(41)58-52/h1-34H. The summed E-state index contributed by atoms with van der Waals surface area (Å²) < 4.78 is 7.63. The van der Waals surface area contributed by atoms with Crippen LogP contribution < -0.4 is 0 Å². The van der Waals surface area contributed by atoms with Crippen LogP contribution in [-0.2, 0) is 5.41 Å². The Kier molecular flexibility index (Phi) is 6.56. The van der Waals surface area contributed by atoms with E-state index < -0.39 is 5.41 Å². The fraction of sp³-hybridized carbons (Fsp3) is 0.0182. The third-order valence-corrected chi connectivity index (χ3v) is 13.9. The Labute approximate surface area is 339 Å². The van der Waals surface area contributed by atoms with Gasteiger partial charge in [0.05, 0.1) is 38.9 Å². The van der Waals surface area contributed by atoms with Gasteiger partial charge in [-0.15, -0.1) is 11.3 Å². The average molecular weight is 755 g/mol. The molecular formula is C55H34N2S. The van der Waals surface area contributed by atoms with Crippen molar-refractivity contribution in [3.8, 4) is 22.5 Å². The Morgan fingerprint density at radius 3 is 1.64 bits per heavy atom. The molecule has 1 aliphatic rings. The maximum absolute atomic E-state index is 2.51. The van der Waals surface area contributed by atoms with Crippen molar-refractivity contribution in [3.05, 3.63) is 229 Å². The summed E-state index contributed by atoms with van der Waals surface area (Å²) in [6, 6.07) is 76.7. The molecule has 2 nitrogen and oxygen atoms in total. The van der Waals surface area contributed by atoms with E-state index in [4.69, 9.17) is 0 Å². The van der Waals surface area contributed by atoms with Crippen LogP contribution in [0.4, 0.5) is 0 Å². The number of nitrogens with zero attached hydrogens (tertiary/aromatic N) is 2. The topological polar surface area (TPSA) is 9.86 Å². The Bertz CT molecular complexity index is 3590. The second-order valence-electron chi connectivity index (χ2n) is 15.6. The fourth-order valence-electron chi connectivity index (χ4n) is 10.6. The highest BCUT2D eigenvalue weighted by atomic mass is 32.1. The third kappa shape index (κ3) is 4.11. The minimum atomic E-state index is -0.466. The average Bonchev–Trinajstić information content (AvgIpc) is 4.02. The van der Waals surface area contributed by atoms with Crippen LogP contribution in [0.25, 0.3) is 86.3 Å². The van der Waals surface area contributed by atoms with E-state index in [0.717, 1.165) is 0 Å². The van der Waals surface area contributed by atoms with E-state index >= 15 is 0 Å². The second kappa shape index (κ2) is 11.9. The summed E-state index contributed by atoms with van der Waals surface area (Å²) in [4.78, 5) is 0. The van der Waals surface area contributed by atoms with Gasteiger partial charge >= 0.3 is 0 Å². The SMILES string of the molecule is c1ccc(C2(c3ccc4c(c3)c3ccccc3n4-c3cccc4c3c3ccccc3n4-c3cccc4sc5ccccc5c34)c3ccccc3-c3ccccc32)cc1. The van der Waals surface area contributed by atoms with Crippen molar-refractivity contribution in [2.45, 2.75) is 5.41 Å². The molecule has 3 heterocycles. The molecule has 1 aliphatic carbocycles. The molecule has 0 atom stereocenters. The summed E-state index contributed by atoms with van der Waals surface area (Å²) in [7, 11) is 0. The molecule has 0 fully saturated rings. The Balaban J connectivity index is 1.11.